The van der Waals surface area contributed by atoms with Gasteiger partial charge >= 0.3 is 0 Å². The summed E-state index contributed by atoms with van der Waals surface area (Å²) in [5.41, 5.74) is 3.87. The molecule has 0 saturated carbocycles. The van der Waals surface area contributed by atoms with Crippen molar-refractivity contribution in [1.29, 1.82) is 0 Å². The van der Waals surface area contributed by atoms with Crippen molar-refractivity contribution in [3.63, 3.8) is 0 Å². The molecule has 5 rings (SSSR count). The minimum Gasteiger partial charge on any atom is -0.356 e. The van der Waals surface area contributed by atoms with Crippen molar-refractivity contribution in [3.8, 4) is 0 Å². The number of nitrogens with zero attached hydrogens (tertiary/aromatic N) is 3. The van der Waals surface area contributed by atoms with E-state index in [1.54, 1.807) is 11.1 Å². The highest BCUT2D eigenvalue weighted by molar-refractivity contribution is 6.01. The average molecular weight is 386 g/mol. The molecule has 0 radical (unpaired) electrons. The molecule has 146 valence electrons. The van der Waals surface area contributed by atoms with Crippen LogP contribution >= 0.6 is 0 Å². The smallest absolute Gasteiger partial charge is 0.275 e. The summed E-state index contributed by atoms with van der Waals surface area (Å²) < 4.78 is 0. The van der Waals surface area contributed by atoms with Gasteiger partial charge in [-0.3, -0.25) is 9.59 Å². The Bertz CT molecular complexity index is 1160. The van der Waals surface area contributed by atoms with Crippen molar-refractivity contribution in [3.05, 3.63) is 70.9 Å². The number of aromatic amines is 1. The number of hydrogen-bond donors (Lipinski definition) is 1. The fraction of sp³-hybridized carbons (Fsp3) is 0.261. The van der Waals surface area contributed by atoms with Gasteiger partial charge in [-0.2, -0.15) is 5.10 Å². The first-order chi connectivity index (χ1) is 14.0. The van der Waals surface area contributed by atoms with Crippen LogP contribution in [0.2, 0.25) is 0 Å². The summed E-state index contributed by atoms with van der Waals surface area (Å²) >= 11 is 0. The second kappa shape index (κ2) is 6.30. The number of amides is 2. The normalized spacial score (nSPS) is 21.7. The molecule has 3 heterocycles. The lowest BCUT2D eigenvalue weighted by Crippen LogP contribution is -2.65. The van der Waals surface area contributed by atoms with E-state index in [0.29, 0.717) is 6.54 Å². The monoisotopic (exact) mass is 386 g/mol. The number of H-pyrrole nitrogens is 1. The molecule has 0 bridgehead atoms. The zero-order chi connectivity index (χ0) is 20.2. The van der Waals surface area contributed by atoms with Crippen molar-refractivity contribution >= 4 is 28.9 Å². The highest BCUT2D eigenvalue weighted by atomic mass is 16.2. The van der Waals surface area contributed by atoms with E-state index in [0.717, 1.165) is 39.7 Å². The number of nitrogens with one attached hydrogen (secondary N) is 1. The van der Waals surface area contributed by atoms with Crippen molar-refractivity contribution in [2.45, 2.75) is 25.8 Å². The quantitative estimate of drug-likeness (QED) is 0.688. The van der Waals surface area contributed by atoms with Crippen molar-refractivity contribution < 1.29 is 9.59 Å². The van der Waals surface area contributed by atoms with Gasteiger partial charge in [-0.05, 0) is 37.5 Å². The highest BCUT2D eigenvalue weighted by Crippen LogP contribution is 2.41. The van der Waals surface area contributed by atoms with Crippen LogP contribution < -0.4 is 0 Å². The SMILES string of the molecule is Cc1ccc(/C=N/N2CC(=O)N3CCc4c([nH]c5ccccc45)[C@]3(C)C2=O)cc1. The van der Waals surface area contributed by atoms with E-state index in [1.807, 2.05) is 56.3 Å². The number of para-hydroxylation sites is 1. The van der Waals surface area contributed by atoms with E-state index >= 15 is 0 Å². The molecule has 2 amide bonds. The molecule has 1 fully saturated rings. The molecular weight excluding hydrogens is 364 g/mol. The predicted molar refractivity (Wildman–Crippen MR) is 112 cm³/mol. The second-order valence-corrected chi connectivity index (χ2v) is 7.91. The number of carbonyl (C=O) groups is 2. The number of rotatable bonds is 2. The van der Waals surface area contributed by atoms with Crippen LogP contribution in [0.3, 0.4) is 0 Å². The molecular formula is C23H22N4O2. The number of aryl methyl sites for hydroxylation is 1. The third-order valence-electron chi connectivity index (χ3n) is 6.09. The lowest BCUT2D eigenvalue weighted by molar-refractivity contribution is -0.165. The molecule has 1 aromatic heterocycles. The summed E-state index contributed by atoms with van der Waals surface area (Å²) in [6.45, 7) is 4.34. The lowest BCUT2D eigenvalue weighted by Gasteiger charge is -2.48. The average Bonchev–Trinajstić information content (AvgIpc) is 3.11. The highest BCUT2D eigenvalue weighted by Gasteiger charge is 2.54. The summed E-state index contributed by atoms with van der Waals surface area (Å²) in [6, 6.07) is 15.9. The first-order valence-electron chi connectivity index (χ1n) is 9.81. The number of carbonyl (C=O) groups excluding carboxylic acids is 2. The molecule has 2 aliphatic heterocycles. The van der Waals surface area contributed by atoms with E-state index in [4.69, 9.17) is 0 Å². The van der Waals surface area contributed by atoms with Gasteiger partial charge < -0.3 is 9.88 Å². The zero-order valence-electron chi connectivity index (χ0n) is 16.5. The number of piperazine rings is 1. The minimum absolute atomic E-state index is 0.0354. The van der Waals surface area contributed by atoms with E-state index in [2.05, 4.69) is 16.2 Å². The predicted octanol–water partition coefficient (Wildman–Crippen LogP) is 2.95. The molecule has 2 aliphatic rings. The molecule has 6 heteroatoms. The van der Waals surface area contributed by atoms with E-state index in [1.165, 1.54) is 5.01 Å². The van der Waals surface area contributed by atoms with Gasteiger partial charge in [0, 0.05) is 17.4 Å². The van der Waals surface area contributed by atoms with Gasteiger partial charge in [-0.25, -0.2) is 5.01 Å². The third-order valence-corrected chi connectivity index (χ3v) is 6.09. The zero-order valence-corrected chi connectivity index (χ0v) is 16.5. The first kappa shape index (κ1) is 17.7. The Hall–Kier alpha value is -3.41. The number of fused-ring (bicyclic) bond motifs is 5. The Morgan fingerprint density at radius 1 is 1.10 bits per heavy atom. The molecule has 0 aliphatic carbocycles. The Labute approximate surface area is 168 Å². The molecule has 0 unspecified atom stereocenters. The maximum Gasteiger partial charge on any atom is 0.275 e. The topological polar surface area (TPSA) is 68.8 Å². The number of hydrazone groups is 1. The fourth-order valence-corrected chi connectivity index (χ4v) is 4.47. The van der Waals surface area contributed by atoms with Gasteiger partial charge in [0.15, 0.2) is 5.54 Å². The Morgan fingerprint density at radius 3 is 2.66 bits per heavy atom. The molecule has 6 nitrogen and oxygen atoms in total. The molecule has 0 spiro atoms. The van der Waals surface area contributed by atoms with Gasteiger partial charge in [0.05, 0.1) is 11.9 Å². The maximum absolute atomic E-state index is 13.5. The largest absolute Gasteiger partial charge is 0.356 e. The van der Waals surface area contributed by atoms with Gasteiger partial charge in [0.2, 0.25) is 5.91 Å². The number of hydrogen-bond acceptors (Lipinski definition) is 3. The molecule has 1 N–H and O–H groups in total. The Balaban J connectivity index is 1.56. The summed E-state index contributed by atoms with van der Waals surface area (Å²) in [5, 5.41) is 6.79. The number of aromatic nitrogens is 1. The molecule has 1 saturated heterocycles. The minimum atomic E-state index is -1.08. The standard InChI is InChI=1S/C23H22N4O2/c1-15-7-9-16(10-8-15)13-24-27-14-20(28)26-12-11-18-17-5-3-4-6-19(17)25-21(18)23(26,2)22(27)29/h3-10,13,25H,11-12,14H2,1-2H3/b24-13+/t23-/m1/s1. The van der Waals surface area contributed by atoms with E-state index in [-0.39, 0.29) is 18.4 Å². The van der Waals surface area contributed by atoms with E-state index in [9.17, 15) is 9.59 Å². The van der Waals surface area contributed by atoms with Crippen LogP contribution in [-0.4, -0.2) is 46.0 Å². The second-order valence-electron chi connectivity index (χ2n) is 7.91. The number of benzene rings is 2. The Kier molecular flexibility index (Phi) is 3.84. The van der Waals surface area contributed by atoms with Crippen molar-refractivity contribution in [2.75, 3.05) is 13.1 Å². The van der Waals surface area contributed by atoms with Crippen LogP contribution in [0.1, 0.15) is 29.3 Å². The molecule has 29 heavy (non-hydrogen) atoms. The Morgan fingerprint density at radius 2 is 1.86 bits per heavy atom. The van der Waals surface area contributed by atoms with Crippen molar-refractivity contribution in [2.24, 2.45) is 5.10 Å². The summed E-state index contributed by atoms with van der Waals surface area (Å²) in [4.78, 5) is 31.6. The summed E-state index contributed by atoms with van der Waals surface area (Å²) in [5.74, 6) is -0.273. The van der Waals surface area contributed by atoms with Crippen molar-refractivity contribution in [1.82, 2.24) is 14.9 Å². The van der Waals surface area contributed by atoms with Crippen LogP contribution in [0.5, 0.6) is 0 Å². The molecule has 3 aromatic rings. The van der Waals surface area contributed by atoms with Crippen LogP contribution in [0.25, 0.3) is 10.9 Å². The van der Waals surface area contributed by atoms with Gasteiger partial charge in [-0.1, -0.05) is 48.0 Å². The fourth-order valence-electron chi connectivity index (χ4n) is 4.47. The van der Waals surface area contributed by atoms with Gasteiger partial charge in [0.25, 0.3) is 5.91 Å². The van der Waals surface area contributed by atoms with E-state index < -0.39 is 5.54 Å². The van der Waals surface area contributed by atoms with Crippen LogP contribution in [0.15, 0.2) is 53.6 Å². The van der Waals surface area contributed by atoms with Gasteiger partial charge in [0.1, 0.15) is 6.54 Å². The molecule has 1 atom stereocenters. The summed E-state index contributed by atoms with van der Waals surface area (Å²) in [7, 11) is 0. The maximum atomic E-state index is 13.5. The summed E-state index contributed by atoms with van der Waals surface area (Å²) in [6.07, 6.45) is 2.37. The third kappa shape index (κ3) is 2.59. The lowest BCUT2D eigenvalue weighted by atomic mass is 9.83. The van der Waals surface area contributed by atoms with Crippen LogP contribution in [-0.2, 0) is 21.5 Å². The first-order valence-corrected chi connectivity index (χ1v) is 9.81. The van der Waals surface area contributed by atoms with Gasteiger partial charge in [-0.15, -0.1) is 0 Å². The van der Waals surface area contributed by atoms with Crippen LogP contribution in [0.4, 0.5) is 0 Å². The molecule has 2 aromatic carbocycles. The van der Waals surface area contributed by atoms with Crippen LogP contribution in [0, 0.1) is 6.92 Å².